The highest BCUT2D eigenvalue weighted by atomic mass is 19.1. The molecule has 3 nitrogen and oxygen atoms in total. The minimum Gasteiger partial charge on any atom is -0.374 e. The van der Waals surface area contributed by atoms with Crippen LogP contribution in [-0.2, 0) is 13.0 Å². The molecule has 0 atom stereocenters. The zero-order valence-corrected chi connectivity index (χ0v) is 11.0. The van der Waals surface area contributed by atoms with Gasteiger partial charge in [-0.2, -0.15) is 0 Å². The molecule has 4 heteroatoms. The predicted molar refractivity (Wildman–Crippen MR) is 75.5 cm³/mol. The standard InChI is InChI=1S/C15H18FN3/c1-19(9-6-12-4-7-18-8-5-12)15-3-2-14(16)10-13(15)11-17/h2-5,7-8,10H,6,9,11,17H2,1H3. The monoisotopic (exact) mass is 259 g/mol. The van der Waals surface area contributed by atoms with Crippen LogP contribution in [0.4, 0.5) is 10.1 Å². The maximum absolute atomic E-state index is 13.2. The number of pyridine rings is 1. The Morgan fingerprint density at radius 2 is 1.95 bits per heavy atom. The van der Waals surface area contributed by atoms with Gasteiger partial charge in [-0.15, -0.1) is 0 Å². The van der Waals surface area contributed by atoms with Crippen molar-refractivity contribution >= 4 is 5.69 Å². The minimum atomic E-state index is -0.244. The van der Waals surface area contributed by atoms with Crippen molar-refractivity contribution in [2.45, 2.75) is 13.0 Å². The van der Waals surface area contributed by atoms with Gasteiger partial charge < -0.3 is 10.6 Å². The third kappa shape index (κ3) is 3.51. The fourth-order valence-corrected chi connectivity index (χ4v) is 2.06. The van der Waals surface area contributed by atoms with E-state index >= 15 is 0 Å². The van der Waals surface area contributed by atoms with E-state index in [1.54, 1.807) is 18.5 Å². The van der Waals surface area contributed by atoms with Gasteiger partial charge in [0, 0.05) is 38.2 Å². The average Bonchev–Trinajstić information content (AvgIpc) is 2.45. The second-order valence-corrected chi connectivity index (χ2v) is 4.50. The van der Waals surface area contributed by atoms with Gasteiger partial charge in [-0.05, 0) is 47.9 Å². The van der Waals surface area contributed by atoms with E-state index in [4.69, 9.17) is 5.73 Å². The lowest BCUT2D eigenvalue weighted by atomic mass is 10.1. The Hall–Kier alpha value is -1.94. The molecule has 0 aliphatic carbocycles. The van der Waals surface area contributed by atoms with Crippen LogP contribution in [0.2, 0.25) is 0 Å². The molecule has 0 radical (unpaired) electrons. The summed E-state index contributed by atoms with van der Waals surface area (Å²) < 4.78 is 13.2. The van der Waals surface area contributed by atoms with E-state index in [1.165, 1.54) is 17.7 Å². The van der Waals surface area contributed by atoms with Crippen LogP contribution < -0.4 is 10.6 Å². The molecule has 0 aliphatic rings. The Bertz CT molecular complexity index is 528. The van der Waals surface area contributed by atoms with Crippen molar-refractivity contribution < 1.29 is 4.39 Å². The summed E-state index contributed by atoms with van der Waals surface area (Å²) in [5.41, 5.74) is 8.71. The third-order valence-electron chi connectivity index (χ3n) is 3.16. The lowest BCUT2D eigenvalue weighted by Gasteiger charge is -2.22. The average molecular weight is 259 g/mol. The summed E-state index contributed by atoms with van der Waals surface area (Å²) in [6, 6.07) is 8.75. The highest BCUT2D eigenvalue weighted by molar-refractivity contribution is 5.53. The van der Waals surface area contributed by atoms with Gasteiger partial charge in [0.05, 0.1) is 0 Å². The van der Waals surface area contributed by atoms with Crippen LogP contribution >= 0.6 is 0 Å². The molecule has 0 fully saturated rings. The van der Waals surface area contributed by atoms with E-state index in [1.807, 2.05) is 19.2 Å². The molecule has 100 valence electrons. The normalized spacial score (nSPS) is 10.5. The number of hydrogen-bond acceptors (Lipinski definition) is 3. The van der Waals surface area contributed by atoms with Gasteiger partial charge in [-0.3, -0.25) is 4.98 Å². The van der Waals surface area contributed by atoms with E-state index < -0.39 is 0 Å². The summed E-state index contributed by atoms with van der Waals surface area (Å²) in [5, 5.41) is 0. The maximum Gasteiger partial charge on any atom is 0.123 e. The topological polar surface area (TPSA) is 42.2 Å². The van der Waals surface area contributed by atoms with Crippen molar-refractivity contribution in [3.8, 4) is 0 Å². The summed E-state index contributed by atoms with van der Waals surface area (Å²) in [6.07, 6.45) is 4.50. The molecule has 0 unspecified atom stereocenters. The van der Waals surface area contributed by atoms with Gasteiger partial charge in [-0.1, -0.05) is 0 Å². The lowest BCUT2D eigenvalue weighted by molar-refractivity contribution is 0.625. The van der Waals surface area contributed by atoms with Crippen molar-refractivity contribution in [2.24, 2.45) is 5.73 Å². The second-order valence-electron chi connectivity index (χ2n) is 4.50. The van der Waals surface area contributed by atoms with Crippen LogP contribution in [0.15, 0.2) is 42.7 Å². The smallest absolute Gasteiger partial charge is 0.123 e. The number of rotatable bonds is 5. The quantitative estimate of drug-likeness (QED) is 0.896. The molecule has 0 amide bonds. The number of nitrogens with zero attached hydrogens (tertiary/aromatic N) is 2. The third-order valence-corrected chi connectivity index (χ3v) is 3.16. The number of likely N-dealkylation sites (N-methyl/N-ethyl adjacent to an activating group) is 1. The first kappa shape index (κ1) is 13.5. The van der Waals surface area contributed by atoms with E-state index in [0.29, 0.717) is 6.54 Å². The molecule has 19 heavy (non-hydrogen) atoms. The Kier molecular flexibility index (Phi) is 4.47. The summed E-state index contributed by atoms with van der Waals surface area (Å²) in [5.74, 6) is -0.244. The van der Waals surface area contributed by atoms with Crippen LogP contribution in [0.25, 0.3) is 0 Å². The van der Waals surface area contributed by atoms with Crippen molar-refractivity contribution in [3.05, 3.63) is 59.7 Å². The van der Waals surface area contributed by atoms with E-state index in [0.717, 1.165) is 24.2 Å². The molecule has 0 saturated heterocycles. The number of nitrogens with two attached hydrogens (primary N) is 1. The number of benzene rings is 1. The largest absolute Gasteiger partial charge is 0.374 e. The first-order valence-corrected chi connectivity index (χ1v) is 6.29. The first-order chi connectivity index (χ1) is 9.20. The maximum atomic E-state index is 13.2. The molecule has 1 heterocycles. The Morgan fingerprint density at radius 3 is 2.63 bits per heavy atom. The molecule has 2 N–H and O–H groups in total. The highest BCUT2D eigenvalue weighted by Crippen LogP contribution is 2.20. The van der Waals surface area contributed by atoms with E-state index in [2.05, 4.69) is 9.88 Å². The van der Waals surface area contributed by atoms with Crippen LogP contribution in [0.3, 0.4) is 0 Å². The summed E-state index contributed by atoms with van der Waals surface area (Å²) in [4.78, 5) is 6.10. The van der Waals surface area contributed by atoms with Gasteiger partial charge in [0.1, 0.15) is 5.82 Å². The lowest BCUT2D eigenvalue weighted by Crippen LogP contribution is -2.22. The highest BCUT2D eigenvalue weighted by Gasteiger charge is 2.07. The minimum absolute atomic E-state index is 0.244. The van der Waals surface area contributed by atoms with Gasteiger partial charge in [-0.25, -0.2) is 4.39 Å². The second kappa shape index (κ2) is 6.29. The molecule has 1 aromatic heterocycles. The van der Waals surface area contributed by atoms with Crippen molar-refractivity contribution in [1.29, 1.82) is 0 Å². The molecule has 1 aromatic carbocycles. The Labute approximate surface area is 112 Å². The summed E-state index contributed by atoms with van der Waals surface area (Å²) in [6.45, 7) is 1.19. The summed E-state index contributed by atoms with van der Waals surface area (Å²) >= 11 is 0. The van der Waals surface area contributed by atoms with Crippen molar-refractivity contribution in [3.63, 3.8) is 0 Å². The van der Waals surface area contributed by atoms with Crippen molar-refractivity contribution in [2.75, 3.05) is 18.5 Å². The molecule has 0 saturated carbocycles. The number of aromatic nitrogens is 1. The Balaban J connectivity index is 2.05. The molecule has 0 spiro atoms. The van der Waals surface area contributed by atoms with Gasteiger partial charge >= 0.3 is 0 Å². The zero-order valence-electron chi connectivity index (χ0n) is 11.0. The van der Waals surface area contributed by atoms with Crippen LogP contribution in [0, 0.1) is 5.82 Å². The molecule has 0 bridgehead atoms. The van der Waals surface area contributed by atoms with Crippen molar-refractivity contribution in [1.82, 2.24) is 4.98 Å². The van der Waals surface area contributed by atoms with Crippen LogP contribution in [-0.4, -0.2) is 18.6 Å². The number of hydrogen-bond donors (Lipinski definition) is 1. The SMILES string of the molecule is CN(CCc1ccncc1)c1ccc(F)cc1CN. The number of anilines is 1. The fraction of sp³-hybridized carbons (Fsp3) is 0.267. The molecule has 2 aromatic rings. The van der Waals surface area contributed by atoms with Gasteiger partial charge in [0.25, 0.3) is 0 Å². The predicted octanol–water partition coefficient (Wildman–Crippen LogP) is 2.36. The van der Waals surface area contributed by atoms with Crippen LogP contribution in [0.5, 0.6) is 0 Å². The Morgan fingerprint density at radius 1 is 1.21 bits per heavy atom. The number of halogens is 1. The van der Waals surface area contributed by atoms with Gasteiger partial charge in [0.2, 0.25) is 0 Å². The van der Waals surface area contributed by atoms with E-state index in [-0.39, 0.29) is 5.82 Å². The zero-order chi connectivity index (χ0) is 13.7. The van der Waals surface area contributed by atoms with E-state index in [9.17, 15) is 4.39 Å². The van der Waals surface area contributed by atoms with Crippen LogP contribution in [0.1, 0.15) is 11.1 Å². The molecule has 2 rings (SSSR count). The molecular weight excluding hydrogens is 241 g/mol. The molecule has 0 aliphatic heterocycles. The fourth-order valence-electron chi connectivity index (χ4n) is 2.06. The molecular formula is C15H18FN3. The summed E-state index contributed by atoms with van der Waals surface area (Å²) in [7, 11) is 1.99. The first-order valence-electron chi connectivity index (χ1n) is 6.29. The van der Waals surface area contributed by atoms with Gasteiger partial charge in [0.15, 0.2) is 0 Å².